The van der Waals surface area contributed by atoms with Gasteiger partial charge in [0.25, 0.3) is 0 Å². The van der Waals surface area contributed by atoms with Crippen LogP contribution in [0.15, 0.2) is 36.4 Å². The second-order valence-electron chi connectivity index (χ2n) is 3.99. The molecule has 2 aromatic rings. The minimum absolute atomic E-state index is 0.0844. The molecule has 0 aromatic heterocycles. The Morgan fingerprint density at radius 1 is 1.11 bits per heavy atom. The number of halogens is 3. The molecule has 0 radical (unpaired) electrons. The summed E-state index contributed by atoms with van der Waals surface area (Å²) in [4.78, 5) is 0. The predicted octanol–water partition coefficient (Wildman–Crippen LogP) is 4.17. The molecule has 0 spiro atoms. The molecule has 5 heteroatoms. The number of nitrogens with two attached hydrogens (primary N) is 1. The van der Waals surface area contributed by atoms with Crippen molar-refractivity contribution >= 4 is 23.2 Å². The fourth-order valence-electron chi connectivity index (χ4n) is 1.61. The molecule has 2 N–H and O–H groups in total. The molecule has 100 valence electrons. The van der Waals surface area contributed by atoms with E-state index in [-0.39, 0.29) is 12.4 Å². The monoisotopic (exact) mass is 299 g/mol. The summed E-state index contributed by atoms with van der Waals surface area (Å²) in [6.45, 7) is 0.440. The second-order valence-corrected chi connectivity index (χ2v) is 4.84. The topological polar surface area (TPSA) is 35.2 Å². The highest BCUT2D eigenvalue weighted by Crippen LogP contribution is 2.28. The maximum absolute atomic E-state index is 13.6. The van der Waals surface area contributed by atoms with Crippen LogP contribution in [0.4, 0.5) is 4.39 Å². The highest BCUT2D eigenvalue weighted by molar-refractivity contribution is 6.35. The Morgan fingerprint density at radius 3 is 2.58 bits per heavy atom. The first kappa shape index (κ1) is 14.1. The van der Waals surface area contributed by atoms with Crippen molar-refractivity contribution in [3.63, 3.8) is 0 Å². The Hall–Kier alpha value is -1.29. The molecular formula is C14H12Cl2FNO. The van der Waals surface area contributed by atoms with E-state index in [4.69, 9.17) is 33.7 Å². The van der Waals surface area contributed by atoms with Gasteiger partial charge in [-0.25, -0.2) is 4.39 Å². The summed E-state index contributed by atoms with van der Waals surface area (Å²) < 4.78 is 19.1. The Balaban J connectivity index is 2.14. The molecule has 0 atom stereocenters. The maximum Gasteiger partial charge on any atom is 0.138 e. The average Bonchev–Trinajstić information content (AvgIpc) is 2.39. The van der Waals surface area contributed by atoms with Crippen molar-refractivity contribution in [2.45, 2.75) is 13.2 Å². The molecule has 2 rings (SSSR count). The van der Waals surface area contributed by atoms with Crippen LogP contribution < -0.4 is 10.5 Å². The summed E-state index contributed by atoms with van der Waals surface area (Å²) in [5.74, 6) is 0.130. The molecule has 0 amide bonds. The van der Waals surface area contributed by atoms with Gasteiger partial charge in [-0.3, -0.25) is 0 Å². The molecule has 0 saturated heterocycles. The van der Waals surface area contributed by atoms with Crippen molar-refractivity contribution in [1.29, 1.82) is 0 Å². The van der Waals surface area contributed by atoms with Crippen LogP contribution in [0.5, 0.6) is 5.75 Å². The zero-order chi connectivity index (χ0) is 13.8. The number of rotatable bonds is 4. The highest BCUT2D eigenvalue weighted by Gasteiger charge is 2.07. The Morgan fingerprint density at radius 2 is 1.89 bits per heavy atom. The Bertz CT molecular complexity index is 590. The molecule has 19 heavy (non-hydrogen) atoms. The van der Waals surface area contributed by atoms with E-state index >= 15 is 0 Å². The van der Waals surface area contributed by atoms with E-state index in [0.717, 1.165) is 5.56 Å². The lowest BCUT2D eigenvalue weighted by atomic mass is 10.1. The largest absolute Gasteiger partial charge is 0.487 e. The molecule has 0 aliphatic rings. The van der Waals surface area contributed by atoms with Crippen molar-refractivity contribution in [3.05, 3.63) is 63.4 Å². The van der Waals surface area contributed by atoms with Crippen LogP contribution in [0.1, 0.15) is 11.1 Å². The molecule has 0 bridgehead atoms. The lowest BCUT2D eigenvalue weighted by molar-refractivity contribution is 0.300. The fraction of sp³-hybridized carbons (Fsp3) is 0.143. The van der Waals surface area contributed by atoms with E-state index in [0.29, 0.717) is 27.9 Å². The van der Waals surface area contributed by atoms with Crippen LogP contribution in [0.3, 0.4) is 0 Å². The van der Waals surface area contributed by atoms with Gasteiger partial charge in [0.1, 0.15) is 18.2 Å². The minimum Gasteiger partial charge on any atom is -0.487 e. The first-order valence-electron chi connectivity index (χ1n) is 5.65. The Labute approximate surface area is 120 Å². The molecular weight excluding hydrogens is 288 g/mol. The molecule has 0 aliphatic carbocycles. The van der Waals surface area contributed by atoms with Gasteiger partial charge in [-0.15, -0.1) is 0 Å². The predicted molar refractivity (Wildman–Crippen MR) is 75.1 cm³/mol. The molecule has 0 aliphatic heterocycles. The summed E-state index contributed by atoms with van der Waals surface area (Å²) in [6.07, 6.45) is 0. The van der Waals surface area contributed by atoms with Gasteiger partial charge in [-0.1, -0.05) is 29.3 Å². The van der Waals surface area contributed by atoms with Gasteiger partial charge >= 0.3 is 0 Å². The quantitative estimate of drug-likeness (QED) is 0.919. The first-order chi connectivity index (χ1) is 9.10. The van der Waals surface area contributed by atoms with E-state index in [1.165, 1.54) is 6.07 Å². The lowest BCUT2D eigenvalue weighted by Crippen LogP contribution is -2.02. The van der Waals surface area contributed by atoms with E-state index in [2.05, 4.69) is 0 Å². The first-order valence-corrected chi connectivity index (χ1v) is 6.41. The highest BCUT2D eigenvalue weighted by atomic mass is 35.5. The number of hydrogen-bond acceptors (Lipinski definition) is 2. The summed E-state index contributed by atoms with van der Waals surface area (Å²) in [5.41, 5.74) is 6.81. The second kappa shape index (κ2) is 6.24. The third-order valence-electron chi connectivity index (χ3n) is 2.62. The Kier molecular flexibility index (Phi) is 4.64. The molecule has 0 fully saturated rings. The van der Waals surface area contributed by atoms with Crippen LogP contribution in [-0.2, 0) is 13.2 Å². The van der Waals surface area contributed by atoms with Crippen molar-refractivity contribution in [2.75, 3.05) is 0 Å². The third-order valence-corrected chi connectivity index (χ3v) is 3.15. The minimum atomic E-state index is -0.331. The van der Waals surface area contributed by atoms with Crippen LogP contribution in [0.2, 0.25) is 10.0 Å². The van der Waals surface area contributed by atoms with Gasteiger partial charge in [0.2, 0.25) is 0 Å². The van der Waals surface area contributed by atoms with Gasteiger partial charge < -0.3 is 10.5 Å². The molecule has 0 saturated carbocycles. The van der Waals surface area contributed by atoms with E-state index in [1.54, 1.807) is 30.3 Å². The normalized spacial score (nSPS) is 10.5. The molecule has 0 heterocycles. The third kappa shape index (κ3) is 3.60. The van der Waals surface area contributed by atoms with Crippen molar-refractivity contribution in [3.8, 4) is 5.75 Å². The number of ether oxygens (including phenoxy) is 1. The fourth-order valence-corrected chi connectivity index (χ4v) is 2.08. The lowest BCUT2D eigenvalue weighted by Gasteiger charge is -2.10. The SMILES string of the molecule is NCc1ccc(F)c(COc2ccc(Cl)cc2Cl)c1. The van der Waals surface area contributed by atoms with Crippen molar-refractivity contribution < 1.29 is 9.13 Å². The van der Waals surface area contributed by atoms with Crippen molar-refractivity contribution in [1.82, 2.24) is 0 Å². The zero-order valence-electron chi connectivity index (χ0n) is 10.00. The maximum atomic E-state index is 13.6. The standard InChI is InChI=1S/C14H12Cl2FNO/c15-11-2-4-14(12(16)6-11)19-8-10-5-9(7-18)1-3-13(10)17/h1-6H,7-8,18H2. The number of hydrogen-bond donors (Lipinski definition) is 1. The van der Waals surface area contributed by atoms with Crippen LogP contribution in [-0.4, -0.2) is 0 Å². The summed E-state index contributed by atoms with van der Waals surface area (Å²) in [7, 11) is 0. The zero-order valence-corrected chi connectivity index (χ0v) is 11.5. The van der Waals surface area contributed by atoms with E-state index in [1.807, 2.05) is 0 Å². The van der Waals surface area contributed by atoms with Gasteiger partial charge in [0.15, 0.2) is 0 Å². The summed E-state index contributed by atoms with van der Waals surface area (Å²) >= 11 is 11.8. The van der Waals surface area contributed by atoms with E-state index in [9.17, 15) is 4.39 Å². The smallest absolute Gasteiger partial charge is 0.138 e. The van der Waals surface area contributed by atoms with Crippen LogP contribution in [0.25, 0.3) is 0 Å². The summed E-state index contributed by atoms with van der Waals surface area (Å²) in [5, 5.41) is 0.913. The molecule has 2 aromatic carbocycles. The van der Waals surface area contributed by atoms with Crippen LogP contribution >= 0.6 is 23.2 Å². The van der Waals surface area contributed by atoms with Gasteiger partial charge in [0, 0.05) is 17.1 Å². The van der Waals surface area contributed by atoms with E-state index < -0.39 is 0 Å². The average molecular weight is 300 g/mol. The molecule has 0 unspecified atom stereocenters. The summed E-state index contributed by atoms with van der Waals surface area (Å²) in [6, 6.07) is 9.59. The van der Waals surface area contributed by atoms with Crippen molar-refractivity contribution in [2.24, 2.45) is 5.73 Å². The molecule has 2 nitrogen and oxygen atoms in total. The van der Waals surface area contributed by atoms with Gasteiger partial charge in [0.05, 0.1) is 5.02 Å². The van der Waals surface area contributed by atoms with Gasteiger partial charge in [-0.2, -0.15) is 0 Å². The number of benzene rings is 2. The van der Waals surface area contributed by atoms with Gasteiger partial charge in [-0.05, 0) is 35.9 Å². The van der Waals surface area contributed by atoms with Crippen LogP contribution in [0, 0.1) is 5.82 Å².